The van der Waals surface area contributed by atoms with Crippen molar-refractivity contribution in [3.8, 4) is 0 Å². The molecule has 0 saturated carbocycles. The zero-order valence-electron chi connectivity index (χ0n) is 11.3. The maximum atomic E-state index is 12.1. The molecule has 2 bridgehead atoms. The highest BCUT2D eigenvalue weighted by atomic mass is 32.2. The van der Waals surface area contributed by atoms with Crippen molar-refractivity contribution in [2.45, 2.75) is 49.7 Å². The third-order valence-corrected chi connectivity index (χ3v) is 5.76. The van der Waals surface area contributed by atoms with Gasteiger partial charge in [-0.2, -0.15) is 0 Å². The molecule has 0 radical (unpaired) electrons. The number of nitrogens with one attached hydrogen (secondary N) is 1. The fourth-order valence-electron chi connectivity index (χ4n) is 3.21. The van der Waals surface area contributed by atoms with E-state index in [2.05, 4.69) is 9.88 Å². The lowest BCUT2D eigenvalue weighted by Crippen LogP contribution is -2.29. The Hall–Kier alpha value is -1.12. The number of fused-ring (bicyclic) bond motifs is 2. The summed E-state index contributed by atoms with van der Waals surface area (Å²) in [5, 5.41) is 3.46. The van der Waals surface area contributed by atoms with Gasteiger partial charge in [-0.05, 0) is 38.5 Å². The van der Waals surface area contributed by atoms with Crippen LogP contribution in [0, 0.1) is 12.8 Å². The lowest BCUT2D eigenvalue weighted by molar-refractivity contribution is 0.0915. The number of hydrogen-bond donors (Lipinski definition) is 2. The van der Waals surface area contributed by atoms with Crippen molar-refractivity contribution in [3.63, 3.8) is 0 Å². The molecule has 2 aliphatic heterocycles. The first-order valence-electron chi connectivity index (χ1n) is 6.84. The van der Waals surface area contributed by atoms with Crippen molar-refractivity contribution in [1.29, 1.82) is 0 Å². The van der Waals surface area contributed by atoms with Gasteiger partial charge in [-0.1, -0.05) is 5.16 Å². The molecule has 0 aliphatic carbocycles. The van der Waals surface area contributed by atoms with E-state index in [0.717, 1.165) is 25.7 Å². The highest BCUT2D eigenvalue weighted by molar-refractivity contribution is 7.89. The van der Waals surface area contributed by atoms with Gasteiger partial charge >= 0.3 is 0 Å². The number of anilines is 1. The molecule has 3 heterocycles. The monoisotopic (exact) mass is 301 g/mol. The van der Waals surface area contributed by atoms with Gasteiger partial charge in [-0.25, -0.2) is 13.1 Å². The van der Waals surface area contributed by atoms with Crippen LogP contribution in [0.5, 0.6) is 0 Å². The number of rotatable bonds is 5. The lowest BCUT2D eigenvalue weighted by atomic mass is 9.87. The van der Waals surface area contributed by atoms with Crippen LogP contribution in [0.25, 0.3) is 0 Å². The second kappa shape index (κ2) is 5.01. The Kier molecular flexibility index (Phi) is 3.47. The molecule has 7 nitrogen and oxygen atoms in total. The molecule has 2 saturated heterocycles. The Balaban J connectivity index is 1.58. The van der Waals surface area contributed by atoms with Crippen molar-refractivity contribution in [3.05, 3.63) is 5.76 Å². The zero-order chi connectivity index (χ0) is 14.3. The smallest absolute Gasteiger partial charge is 0.247 e. The fourth-order valence-corrected chi connectivity index (χ4v) is 4.46. The van der Waals surface area contributed by atoms with Crippen LogP contribution in [0.2, 0.25) is 0 Å². The van der Waals surface area contributed by atoms with Gasteiger partial charge in [-0.15, -0.1) is 0 Å². The minimum atomic E-state index is -3.66. The van der Waals surface area contributed by atoms with E-state index in [1.165, 1.54) is 6.92 Å². The molecule has 112 valence electrons. The summed E-state index contributed by atoms with van der Waals surface area (Å²) in [6, 6.07) is 0. The molecule has 0 amide bonds. The normalized spacial score (nSPS) is 29.1. The van der Waals surface area contributed by atoms with E-state index in [1.807, 2.05) is 0 Å². The summed E-state index contributed by atoms with van der Waals surface area (Å²) >= 11 is 0. The molecule has 2 fully saturated rings. The predicted molar refractivity (Wildman–Crippen MR) is 71.5 cm³/mol. The van der Waals surface area contributed by atoms with Gasteiger partial charge in [0.2, 0.25) is 10.0 Å². The quantitative estimate of drug-likeness (QED) is 0.833. The van der Waals surface area contributed by atoms with Crippen LogP contribution in [0.4, 0.5) is 5.82 Å². The van der Waals surface area contributed by atoms with Crippen LogP contribution in [0.15, 0.2) is 9.42 Å². The molecule has 2 aliphatic rings. The molecule has 3 N–H and O–H groups in total. The van der Waals surface area contributed by atoms with Crippen molar-refractivity contribution < 1.29 is 17.7 Å². The van der Waals surface area contributed by atoms with E-state index in [-0.39, 0.29) is 16.5 Å². The van der Waals surface area contributed by atoms with Gasteiger partial charge < -0.3 is 15.0 Å². The van der Waals surface area contributed by atoms with Gasteiger partial charge in [0.15, 0.2) is 16.5 Å². The molecule has 3 rings (SSSR count). The molecule has 0 spiro atoms. The number of nitrogens with zero attached hydrogens (tertiary/aromatic N) is 1. The van der Waals surface area contributed by atoms with E-state index in [0.29, 0.717) is 24.7 Å². The van der Waals surface area contributed by atoms with E-state index in [4.69, 9.17) is 15.0 Å². The van der Waals surface area contributed by atoms with E-state index < -0.39 is 10.0 Å². The summed E-state index contributed by atoms with van der Waals surface area (Å²) in [5.41, 5.74) is 5.53. The average molecular weight is 301 g/mol. The standard InChI is InChI=1S/C12H19N3O4S/c1-7-11(12(13)15-19-7)20(16,17)14-5-4-8-6-9-2-3-10(8)18-9/h8-10,14H,2-6H2,1H3,(H2,13,15)/t8-,9+,10+/m0/s1. The maximum absolute atomic E-state index is 12.1. The SMILES string of the molecule is Cc1onc(N)c1S(=O)(=O)NCC[C@H]1C[C@H]2CC[C@H]1O2. The summed E-state index contributed by atoms with van der Waals surface area (Å²) in [5.74, 6) is 0.564. The maximum Gasteiger partial charge on any atom is 0.247 e. The molecule has 3 atom stereocenters. The second-order valence-corrected chi connectivity index (χ2v) is 7.21. The lowest BCUT2D eigenvalue weighted by Gasteiger charge is -2.18. The fraction of sp³-hybridized carbons (Fsp3) is 0.750. The van der Waals surface area contributed by atoms with Crippen molar-refractivity contribution in [1.82, 2.24) is 9.88 Å². The highest BCUT2D eigenvalue weighted by Gasteiger charge is 2.40. The summed E-state index contributed by atoms with van der Waals surface area (Å²) in [4.78, 5) is -0.0540. The van der Waals surface area contributed by atoms with Gasteiger partial charge in [0, 0.05) is 6.54 Å². The highest BCUT2D eigenvalue weighted by Crippen LogP contribution is 2.40. The predicted octanol–water partition coefficient (Wildman–Crippen LogP) is 0.801. The minimum Gasteiger partial charge on any atom is -0.380 e. The summed E-state index contributed by atoms with van der Waals surface area (Å²) in [6.45, 7) is 1.91. The van der Waals surface area contributed by atoms with Crippen LogP contribution in [-0.2, 0) is 14.8 Å². The Bertz CT molecular complexity index is 578. The van der Waals surface area contributed by atoms with Crippen LogP contribution in [-0.4, -0.2) is 32.3 Å². The third kappa shape index (κ3) is 2.43. The first kappa shape index (κ1) is 13.8. The van der Waals surface area contributed by atoms with Crippen molar-refractivity contribution in [2.24, 2.45) is 5.92 Å². The molecule has 0 unspecified atom stereocenters. The van der Waals surface area contributed by atoms with Crippen LogP contribution >= 0.6 is 0 Å². The molecule has 8 heteroatoms. The Morgan fingerprint density at radius 3 is 2.80 bits per heavy atom. The number of sulfonamides is 1. The van der Waals surface area contributed by atoms with Crippen LogP contribution in [0.3, 0.4) is 0 Å². The molecule has 0 aromatic carbocycles. The Labute approximate surface area is 117 Å². The Morgan fingerprint density at radius 1 is 1.45 bits per heavy atom. The molecule has 20 heavy (non-hydrogen) atoms. The molecule has 1 aromatic heterocycles. The van der Waals surface area contributed by atoms with E-state index in [1.54, 1.807) is 0 Å². The third-order valence-electron chi connectivity index (χ3n) is 4.14. The number of aromatic nitrogens is 1. The Morgan fingerprint density at radius 2 is 2.25 bits per heavy atom. The van der Waals surface area contributed by atoms with Gasteiger partial charge in [0.05, 0.1) is 12.2 Å². The van der Waals surface area contributed by atoms with Crippen molar-refractivity contribution in [2.75, 3.05) is 12.3 Å². The largest absolute Gasteiger partial charge is 0.380 e. The number of aryl methyl sites for hydroxylation is 1. The number of nitrogens with two attached hydrogens (primary N) is 1. The van der Waals surface area contributed by atoms with Gasteiger partial charge in [0.1, 0.15) is 0 Å². The summed E-state index contributed by atoms with van der Waals surface area (Å²) < 4.78 is 37.4. The summed E-state index contributed by atoms with van der Waals surface area (Å²) in [6.07, 6.45) is 4.76. The zero-order valence-corrected chi connectivity index (χ0v) is 12.1. The van der Waals surface area contributed by atoms with Gasteiger partial charge in [0.25, 0.3) is 0 Å². The molecular formula is C12H19N3O4S. The van der Waals surface area contributed by atoms with Gasteiger partial charge in [-0.3, -0.25) is 0 Å². The topological polar surface area (TPSA) is 107 Å². The van der Waals surface area contributed by atoms with Crippen LogP contribution < -0.4 is 10.5 Å². The first-order chi connectivity index (χ1) is 9.47. The second-order valence-electron chi connectivity index (χ2n) is 5.51. The molecule has 1 aromatic rings. The van der Waals surface area contributed by atoms with Crippen molar-refractivity contribution >= 4 is 15.8 Å². The number of ether oxygens (including phenoxy) is 1. The minimum absolute atomic E-state index is 0.0540. The molecular weight excluding hydrogens is 282 g/mol. The van der Waals surface area contributed by atoms with Crippen LogP contribution in [0.1, 0.15) is 31.4 Å². The first-order valence-corrected chi connectivity index (χ1v) is 8.32. The summed E-state index contributed by atoms with van der Waals surface area (Å²) in [7, 11) is -3.66. The number of nitrogen functional groups attached to an aromatic ring is 1. The van der Waals surface area contributed by atoms with E-state index >= 15 is 0 Å². The number of hydrogen-bond acceptors (Lipinski definition) is 6. The van der Waals surface area contributed by atoms with E-state index in [9.17, 15) is 8.42 Å². The average Bonchev–Trinajstić information content (AvgIpc) is 3.05.